The van der Waals surface area contributed by atoms with Crippen molar-refractivity contribution in [2.24, 2.45) is 5.92 Å². The predicted octanol–water partition coefficient (Wildman–Crippen LogP) is 4.98. The largest absolute Gasteiger partial charge is 0.489 e. The number of ether oxygens (including phenoxy) is 1. The molecule has 3 heterocycles. The molecular formula is C22H28ClN5O3S. The fourth-order valence-corrected chi connectivity index (χ4v) is 5.07. The van der Waals surface area contributed by atoms with Gasteiger partial charge in [-0.1, -0.05) is 36.8 Å². The summed E-state index contributed by atoms with van der Waals surface area (Å²) in [7, 11) is 0. The number of rotatable bonds is 6. The van der Waals surface area contributed by atoms with Gasteiger partial charge in [0.15, 0.2) is 0 Å². The molecular weight excluding hydrogens is 450 g/mol. The second kappa shape index (κ2) is 9.15. The third-order valence-electron chi connectivity index (χ3n) is 5.34. The molecule has 10 heteroatoms. The molecule has 0 unspecified atom stereocenters. The van der Waals surface area contributed by atoms with Crippen molar-refractivity contribution in [2.75, 3.05) is 31.2 Å². The van der Waals surface area contributed by atoms with Crippen LogP contribution in [-0.2, 0) is 0 Å². The van der Waals surface area contributed by atoms with Crippen LogP contribution in [0.5, 0.6) is 5.75 Å². The van der Waals surface area contributed by atoms with Crippen LogP contribution in [0.4, 0.5) is 9.93 Å². The van der Waals surface area contributed by atoms with E-state index in [-0.39, 0.29) is 6.10 Å². The van der Waals surface area contributed by atoms with Crippen molar-refractivity contribution >= 4 is 34.2 Å². The van der Waals surface area contributed by atoms with Gasteiger partial charge in [-0.2, -0.15) is 0 Å². The quantitative estimate of drug-likeness (QED) is 0.628. The van der Waals surface area contributed by atoms with E-state index in [0.717, 1.165) is 27.8 Å². The van der Waals surface area contributed by atoms with Gasteiger partial charge in [-0.05, 0) is 43.5 Å². The van der Waals surface area contributed by atoms with E-state index in [1.54, 1.807) is 0 Å². The van der Waals surface area contributed by atoms with E-state index in [4.69, 9.17) is 16.3 Å². The average Bonchev–Trinajstić information content (AvgIpc) is 3.33. The Morgan fingerprint density at radius 3 is 2.69 bits per heavy atom. The Balaban J connectivity index is 1.58. The number of carbonyl (C=O) groups is 1. The third-order valence-corrected chi connectivity index (χ3v) is 6.62. The molecule has 0 atom stereocenters. The highest BCUT2D eigenvalue weighted by Gasteiger charge is 2.36. The van der Waals surface area contributed by atoms with Crippen molar-refractivity contribution in [2.45, 2.75) is 40.2 Å². The lowest BCUT2D eigenvalue weighted by Crippen LogP contribution is -2.40. The standard InChI is InChI=1S/C22H28ClN5O3S/c1-13(2)10-27-18-7-8-26(22(29)30)11-16(18)12-28(27)21-25-24-20(32-21)15-5-6-19(17(23)9-15)31-14(3)4/h5-6,9,13-14H,7-8,10-12H2,1-4H3,(H,29,30). The number of amides is 1. The molecule has 0 radical (unpaired) electrons. The van der Waals surface area contributed by atoms with E-state index in [1.807, 2.05) is 32.0 Å². The molecule has 0 spiro atoms. The molecule has 0 saturated carbocycles. The molecule has 1 amide bonds. The number of nitrogens with zero attached hydrogens (tertiary/aromatic N) is 5. The maximum Gasteiger partial charge on any atom is 0.407 e. The van der Waals surface area contributed by atoms with E-state index in [9.17, 15) is 9.90 Å². The average molecular weight is 478 g/mol. The Hall–Kier alpha value is -2.52. The molecule has 1 N–H and O–H groups in total. The highest BCUT2D eigenvalue weighted by Crippen LogP contribution is 2.38. The first-order valence-electron chi connectivity index (χ1n) is 10.8. The van der Waals surface area contributed by atoms with Gasteiger partial charge < -0.3 is 14.7 Å². The maximum atomic E-state index is 11.5. The van der Waals surface area contributed by atoms with Gasteiger partial charge in [0.25, 0.3) is 0 Å². The van der Waals surface area contributed by atoms with E-state index >= 15 is 0 Å². The fourth-order valence-electron chi connectivity index (χ4n) is 3.99. The molecule has 0 saturated heterocycles. The third kappa shape index (κ3) is 4.63. The molecule has 0 aliphatic carbocycles. The number of hydrogen-bond donors (Lipinski definition) is 1. The van der Waals surface area contributed by atoms with Crippen LogP contribution >= 0.6 is 22.9 Å². The lowest BCUT2D eigenvalue weighted by Gasteiger charge is -2.34. The summed E-state index contributed by atoms with van der Waals surface area (Å²) in [6.45, 7) is 10.7. The van der Waals surface area contributed by atoms with Gasteiger partial charge in [-0.15, -0.1) is 10.2 Å². The first kappa shape index (κ1) is 22.7. The summed E-state index contributed by atoms with van der Waals surface area (Å²) in [5, 5.41) is 24.8. The molecule has 8 nitrogen and oxygen atoms in total. The van der Waals surface area contributed by atoms with E-state index in [1.165, 1.54) is 21.9 Å². The van der Waals surface area contributed by atoms with Gasteiger partial charge in [0, 0.05) is 37.3 Å². The topological polar surface area (TPSA) is 82.0 Å². The summed E-state index contributed by atoms with van der Waals surface area (Å²) in [5.74, 6) is 1.10. The van der Waals surface area contributed by atoms with Crippen molar-refractivity contribution in [3.05, 3.63) is 34.5 Å². The second-order valence-corrected chi connectivity index (χ2v) is 10.1. The Morgan fingerprint density at radius 2 is 2.03 bits per heavy atom. The Morgan fingerprint density at radius 1 is 1.25 bits per heavy atom. The van der Waals surface area contributed by atoms with Crippen LogP contribution in [0.15, 0.2) is 29.5 Å². The zero-order chi connectivity index (χ0) is 23.0. The number of anilines is 1. The number of carboxylic acid groups (broad SMARTS) is 1. The van der Waals surface area contributed by atoms with Crippen LogP contribution in [0, 0.1) is 5.92 Å². The SMILES string of the molecule is CC(C)CN1C2=C(CN(C(=O)O)CC2)CN1c1nnc(-c2ccc(OC(C)C)c(Cl)c2)s1. The van der Waals surface area contributed by atoms with Gasteiger partial charge in [0.05, 0.1) is 17.7 Å². The first-order chi connectivity index (χ1) is 15.2. The maximum absolute atomic E-state index is 11.5. The summed E-state index contributed by atoms with van der Waals surface area (Å²) in [5.41, 5.74) is 3.24. The fraction of sp³-hybridized carbons (Fsp3) is 0.500. The van der Waals surface area contributed by atoms with Crippen molar-refractivity contribution in [1.29, 1.82) is 0 Å². The molecule has 1 aromatic carbocycles. The molecule has 2 aromatic rings. The minimum absolute atomic E-state index is 0.0455. The zero-order valence-corrected chi connectivity index (χ0v) is 20.3. The summed E-state index contributed by atoms with van der Waals surface area (Å²) >= 11 is 7.91. The summed E-state index contributed by atoms with van der Waals surface area (Å²) < 4.78 is 5.72. The van der Waals surface area contributed by atoms with Crippen LogP contribution in [-0.4, -0.2) is 63.6 Å². The van der Waals surface area contributed by atoms with Crippen LogP contribution < -0.4 is 9.75 Å². The lowest BCUT2D eigenvalue weighted by atomic mass is 10.1. The molecule has 2 aliphatic heterocycles. The minimum Gasteiger partial charge on any atom is -0.489 e. The van der Waals surface area contributed by atoms with Crippen LogP contribution in [0.1, 0.15) is 34.1 Å². The molecule has 172 valence electrons. The van der Waals surface area contributed by atoms with E-state index in [2.05, 4.69) is 34.1 Å². The highest BCUT2D eigenvalue weighted by atomic mass is 35.5. The second-order valence-electron chi connectivity index (χ2n) is 8.74. The van der Waals surface area contributed by atoms with Crippen molar-refractivity contribution < 1.29 is 14.6 Å². The first-order valence-corrected chi connectivity index (χ1v) is 12.0. The van der Waals surface area contributed by atoms with Crippen molar-refractivity contribution in [3.63, 3.8) is 0 Å². The van der Waals surface area contributed by atoms with Crippen LogP contribution in [0.3, 0.4) is 0 Å². The summed E-state index contributed by atoms with van der Waals surface area (Å²) in [4.78, 5) is 12.9. The number of hydrazine groups is 1. The Bertz CT molecular complexity index is 1040. The molecule has 2 aliphatic rings. The summed E-state index contributed by atoms with van der Waals surface area (Å²) in [6, 6.07) is 5.66. The number of benzene rings is 1. The number of halogens is 1. The highest BCUT2D eigenvalue weighted by molar-refractivity contribution is 7.18. The Labute approximate surface area is 197 Å². The van der Waals surface area contributed by atoms with Gasteiger partial charge in [0.2, 0.25) is 5.13 Å². The molecule has 0 bridgehead atoms. The minimum atomic E-state index is -0.870. The van der Waals surface area contributed by atoms with Crippen LogP contribution in [0.2, 0.25) is 5.02 Å². The Kier molecular flexibility index (Phi) is 6.48. The van der Waals surface area contributed by atoms with E-state index in [0.29, 0.717) is 42.7 Å². The predicted molar refractivity (Wildman–Crippen MR) is 126 cm³/mol. The van der Waals surface area contributed by atoms with Gasteiger partial charge >= 0.3 is 6.09 Å². The monoisotopic (exact) mass is 477 g/mol. The molecule has 4 rings (SSSR count). The van der Waals surface area contributed by atoms with Crippen molar-refractivity contribution in [1.82, 2.24) is 20.1 Å². The van der Waals surface area contributed by atoms with Gasteiger partial charge in [-0.3, -0.25) is 10.0 Å². The van der Waals surface area contributed by atoms with Gasteiger partial charge in [-0.25, -0.2) is 4.79 Å². The van der Waals surface area contributed by atoms with E-state index < -0.39 is 6.09 Å². The zero-order valence-electron chi connectivity index (χ0n) is 18.7. The number of aromatic nitrogens is 2. The van der Waals surface area contributed by atoms with Gasteiger partial charge in [0.1, 0.15) is 10.8 Å². The molecule has 1 aromatic heterocycles. The van der Waals surface area contributed by atoms with Crippen LogP contribution in [0.25, 0.3) is 10.6 Å². The molecule has 32 heavy (non-hydrogen) atoms. The lowest BCUT2D eigenvalue weighted by molar-refractivity contribution is 0.145. The molecule has 0 fully saturated rings. The van der Waals surface area contributed by atoms with Crippen molar-refractivity contribution in [3.8, 4) is 16.3 Å². The smallest absolute Gasteiger partial charge is 0.407 e. The summed E-state index contributed by atoms with van der Waals surface area (Å²) in [6.07, 6.45) is -0.113. The number of hydrogen-bond acceptors (Lipinski definition) is 7. The normalized spacial score (nSPS) is 16.4.